The lowest BCUT2D eigenvalue weighted by molar-refractivity contribution is -0.141. The van der Waals surface area contributed by atoms with Crippen molar-refractivity contribution in [2.24, 2.45) is 0 Å². The summed E-state index contributed by atoms with van der Waals surface area (Å²) in [6, 6.07) is 1.90. The van der Waals surface area contributed by atoms with E-state index in [1.165, 1.54) is 6.26 Å². The van der Waals surface area contributed by atoms with E-state index in [0.717, 1.165) is 4.90 Å². The molecule has 2 heterocycles. The predicted octanol–water partition coefficient (Wildman–Crippen LogP) is 0.00900. The second-order valence-electron chi connectivity index (χ2n) is 4.13. The number of rotatable bonds is 3. The molecule has 0 saturated carbocycles. The van der Waals surface area contributed by atoms with Crippen LogP contribution in [0, 0.1) is 0 Å². The molecular weight excluding hydrogens is 240 g/mol. The second kappa shape index (κ2) is 5.09. The fraction of sp³-hybridized carbons (Fsp3) is 0.455. The average Bonchev–Trinajstić information content (AvgIpc) is 2.94. The van der Waals surface area contributed by atoms with Crippen LogP contribution in [0.3, 0.4) is 0 Å². The average molecular weight is 254 g/mol. The highest BCUT2D eigenvalue weighted by Gasteiger charge is 2.38. The van der Waals surface area contributed by atoms with Crippen molar-refractivity contribution in [2.45, 2.75) is 25.1 Å². The fourth-order valence-corrected chi connectivity index (χ4v) is 1.95. The molecule has 1 fully saturated rings. The molecule has 2 rings (SSSR count). The summed E-state index contributed by atoms with van der Waals surface area (Å²) in [6.07, 6.45) is 0.755. The molecule has 1 saturated heterocycles. The summed E-state index contributed by atoms with van der Waals surface area (Å²) in [5.74, 6) is -0.533. The molecule has 1 aliphatic rings. The molecule has 2 atom stereocenters. The van der Waals surface area contributed by atoms with Crippen molar-refractivity contribution in [1.29, 1.82) is 0 Å². The van der Waals surface area contributed by atoms with Gasteiger partial charge < -0.3 is 24.8 Å². The van der Waals surface area contributed by atoms with Crippen molar-refractivity contribution in [3.8, 4) is 0 Å². The Bertz CT molecular complexity index is 431. The largest absolute Gasteiger partial charge is 0.480 e. The topological polar surface area (TPSA) is 103 Å². The van der Waals surface area contributed by atoms with Crippen molar-refractivity contribution in [2.75, 3.05) is 6.54 Å². The first-order valence-electron chi connectivity index (χ1n) is 5.55. The summed E-state index contributed by atoms with van der Waals surface area (Å²) in [4.78, 5) is 23.9. The van der Waals surface area contributed by atoms with Gasteiger partial charge in [0.15, 0.2) is 0 Å². The van der Waals surface area contributed by atoms with Crippen LogP contribution in [0.5, 0.6) is 0 Å². The van der Waals surface area contributed by atoms with Crippen LogP contribution in [-0.2, 0) is 11.3 Å². The summed E-state index contributed by atoms with van der Waals surface area (Å²) in [7, 11) is 0. The molecule has 0 spiro atoms. The number of carboxylic acid groups (broad SMARTS) is 1. The molecule has 98 valence electrons. The molecule has 0 bridgehead atoms. The lowest BCUT2D eigenvalue weighted by Gasteiger charge is -2.21. The SMILES string of the molecule is O=C(O)[C@@H]1C[C@@H](O)CN1C(=O)NCc1ccco1. The van der Waals surface area contributed by atoms with E-state index in [9.17, 15) is 14.7 Å². The predicted molar refractivity (Wildman–Crippen MR) is 59.7 cm³/mol. The maximum Gasteiger partial charge on any atom is 0.326 e. The lowest BCUT2D eigenvalue weighted by Crippen LogP contribution is -2.45. The standard InChI is InChI=1S/C11H14N2O5/c14-7-4-9(10(15)16)13(6-7)11(17)12-5-8-2-1-3-18-8/h1-3,7,9,14H,4-6H2,(H,12,17)(H,15,16)/t7-,9+/m1/s1. The monoisotopic (exact) mass is 254 g/mol. The maximum absolute atomic E-state index is 11.8. The Hall–Kier alpha value is -2.02. The van der Waals surface area contributed by atoms with E-state index >= 15 is 0 Å². The highest BCUT2D eigenvalue weighted by atomic mass is 16.4. The molecule has 0 aromatic carbocycles. The number of β-amino-alcohol motifs (C(OH)–C–C–N with tert-alkyl or cyclic N) is 1. The van der Waals surface area contributed by atoms with Crippen molar-refractivity contribution in [3.05, 3.63) is 24.2 Å². The summed E-state index contributed by atoms with van der Waals surface area (Å²) < 4.78 is 5.04. The van der Waals surface area contributed by atoms with Gasteiger partial charge in [0.05, 0.1) is 18.9 Å². The first-order valence-corrected chi connectivity index (χ1v) is 5.55. The first-order chi connectivity index (χ1) is 8.58. The zero-order valence-electron chi connectivity index (χ0n) is 9.57. The van der Waals surface area contributed by atoms with E-state index in [4.69, 9.17) is 9.52 Å². The number of aliphatic carboxylic acids is 1. The molecule has 2 amide bonds. The number of hydrogen-bond donors (Lipinski definition) is 3. The molecule has 0 unspecified atom stereocenters. The van der Waals surface area contributed by atoms with Crippen LogP contribution in [0.15, 0.2) is 22.8 Å². The third kappa shape index (κ3) is 2.62. The summed E-state index contributed by atoms with van der Waals surface area (Å²) in [5.41, 5.74) is 0. The van der Waals surface area contributed by atoms with E-state index in [1.807, 2.05) is 0 Å². The number of likely N-dealkylation sites (tertiary alicyclic amines) is 1. The van der Waals surface area contributed by atoms with E-state index in [-0.39, 0.29) is 19.5 Å². The third-order valence-corrected chi connectivity index (χ3v) is 2.82. The van der Waals surface area contributed by atoms with Crippen molar-refractivity contribution >= 4 is 12.0 Å². The highest BCUT2D eigenvalue weighted by molar-refractivity contribution is 5.83. The molecule has 7 heteroatoms. The number of aliphatic hydroxyl groups is 1. The summed E-state index contributed by atoms with van der Waals surface area (Å²) in [6.45, 7) is 0.214. The van der Waals surface area contributed by atoms with Gasteiger partial charge in [-0.2, -0.15) is 0 Å². The highest BCUT2D eigenvalue weighted by Crippen LogP contribution is 2.18. The van der Waals surface area contributed by atoms with Gasteiger partial charge in [0.1, 0.15) is 11.8 Å². The van der Waals surface area contributed by atoms with Crippen LogP contribution in [-0.4, -0.2) is 45.8 Å². The number of nitrogens with zero attached hydrogens (tertiary/aromatic N) is 1. The molecule has 18 heavy (non-hydrogen) atoms. The number of carboxylic acids is 1. The summed E-state index contributed by atoms with van der Waals surface area (Å²) >= 11 is 0. The smallest absolute Gasteiger partial charge is 0.326 e. The number of carbonyl (C=O) groups excluding carboxylic acids is 1. The van der Waals surface area contributed by atoms with Gasteiger partial charge in [0, 0.05) is 13.0 Å². The third-order valence-electron chi connectivity index (χ3n) is 2.82. The normalized spacial score (nSPS) is 23.1. The Balaban J connectivity index is 1.93. The zero-order chi connectivity index (χ0) is 13.1. The van der Waals surface area contributed by atoms with Crippen molar-refractivity contribution < 1.29 is 24.2 Å². The van der Waals surface area contributed by atoms with Gasteiger partial charge >= 0.3 is 12.0 Å². The van der Waals surface area contributed by atoms with Gasteiger partial charge in [-0.15, -0.1) is 0 Å². The molecule has 3 N–H and O–H groups in total. The number of amides is 2. The van der Waals surface area contributed by atoms with Gasteiger partial charge in [-0.3, -0.25) is 0 Å². The number of carbonyl (C=O) groups is 2. The van der Waals surface area contributed by atoms with Crippen LogP contribution in [0.1, 0.15) is 12.2 Å². The minimum absolute atomic E-state index is 0.0287. The molecule has 1 aromatic rings. The lowest BCUT2D eigenvalue weighted by atomic mass is 10.2. The Morgan fingerprint density at radius 3 is 2.94 bits per heavy atom. The van der Waals surface area contributed by atoms with Gasteiger partial charge in [0.25, 0.3) is 0 Å². The van der Waals surface area contributed by atoms with Gasteiger partial charge in [-0.25, -0.2) is 9.59 Å². The Morgan fingerprint density at radius 2 is 2.33 bits per heavy atom. The minimum Gasteiger partial charge on any atom is -0.480 e. The number of hydrogen-bond acceptors (Lipinski definition) is 4. The van der Waals surface area contributed by atoms with E-state index in [1.54, 1.807) is 12.1 Å². The first kappa shape index (κ1) is 12.4. The van der Waals surface area contributed by atoms with Gasteiger partial charge in [-0.05, 0) is 12.1 Å². The Kier molecular flexibility index (Phi) is 3.52. The molecule has 7 nitrogen and oxygen atoms in total. The molecule has 0 radical (unpaired) electrons. The van der Waals surface area contributed by atoms with Crippen LogP contribution < -0.4 is 5.32 Å². The van der Waals surface area contributed by atoms with Crippen LogP contribution in [0.4, 0.5) is 4.79 Å². The molecule has 1 aliphatic heterocycles. The maximum atomic E-state index is 11.8. The van der Waals surface area contributed by atoms with E-state index < -0.39 is 24.1 Å². The molecule has 1 aromatic heterocycles. The Labute approximate surface area is 103 Å². The molecule has 0 aliphatic carbocycles. The minimum atomic E-state index is -1.11. The van der Waals surface area contributed by atoms with Crippen LogP contribution >= 0.6 is 0 Å². The number of furan rings is 1. The zero-order valence-corrected chi connectivity index (χ0v) is 9.57. The van der Waals surface area contributed by atoms with Crippen molar-refractivity contribution in [3.63, 3.8) is 0 Å². The second-order valence-corrected chi connectivity index (χ2v) is 4.13. The number of nitrogens with one attached hydrogen (secondary N) is 1. The Morgan fingerprint density at radius 1 is 1.56 bits per heavy atom. The van der Waals surface area contributed by atoms with Crippen LogP contribution in [0.2, 0.25) is 0 Å². The van der Waals surface area contributed by atoms with E-state index in [0.29, 0.717) is 5.76 Å². The van der Waals surface area contributed by atoms with Crippen LogP contribution in [0.25, 0.3) is 0 Å². The summed E-state index contributed by atoms with van der Waals surface area (Å²) in [5, 5.41) is 20.9. The van der Waals surface area contributed by atoms with E-state index in [2.05, 4.69) is 5.32 Å². The van der Waals surface area contributed by atoms with Gasteiger partial charge in [0.2, 0.25) is 0 Å². The van der Waals surface area contributed by atoms with Gasteiger partial charge in [-0.1, -0.05) is 0 Å². The van der Waals surface area contributed by atoms with Crippen molar-refractivity contribution in [1.82, 2.24) is 10.2 Å². The molecular formula is C11H14N2O5. The fourth-order valence-electron chi connectivity index (χ4n) is 1.95. The number of aliphatic hydroxyl groups excluding tert-OH is 1. The quantitative estimate of drug-likeness (QED) is 0.705. The number of urea groups is 1.